The molecule has 4 aromatic rings. The van der Waals surface area contributed by atoms with Gasteiger partial charge < -0.3 is 20.3 Å². The Balaban J connectivity index is 1.64. The molecular formula is C26H28N8O2S. The van der Waals surface area contributed by atoms with Crippen molar-refractivity contribution in [1.82, 2.24) is 29.9 Å². The Kier molecular flexibility index (Phi) is 6.62. The first-order valence-electron chi connectivity index (χ1n) is 12.0. The second-order valence-electron chi connectivity index (χ2n) is 8.76. The Morgan fingerprint density at radius 2 is 1.95 bits per heavy atom. The van der Waals surface area contributed by atoms with E-state index in [0.717, 1.165) is 28.3 Å². The third kappa shape index (κ3) is 4.42. The molecule has 0 unspecified atom stereocenters. The van der Waals surface area contributed by atoms with Crippen LogP contribution in [0.25, 0.3) is 0 Å². The molecule has 1 aromatic carbocycles. The first-order valence-corrected chi connectivity index (χ1v) is 12.4. The molecule has 3 aromatic heterocycles. The number of hydrogen-bond donors (Lipinski definition) is 2. The second-order valence-corrected chi connectivity index (χ2v) is 9.15. The number of pyridine rings is 1. The van der Waals surface area contributed by atoms with E-state index in [9.17, 15) is 4.79 Å². The van der Waals surface area contributed by atoms with E-state index in [4.69, 9.17) is 17.0 Å². The number of nitrogens with one attached hydrogen (secondary N) is 2. The van der Waals surface area contributed by atoms with Crippen LogP contribution in [0.2, 0.25) is 0 Å². The number of aromatic nitrogens is 5. The average molecular weight is 517 g/mol. The van der Waals surface area contributed by atoms with Crippen LogP contribution < -0.4 is 20.3 Å². The summed E-state index contributed by atoms with van der Waals surface area (Å²) in [6.07, 6.45) is 5.50. The summed E-state index contributed by atoms with van der Waals surface area (Å²) < 4.78 is 9.55. The van der Waals surface area contributed by atoms with Crippen LogP contribution in [-0.2, 0) is 4.79 Å². The van der Waals surface area contributed by atoms with Crippen molar-refractivity contribution < 1.29 is 9.53 Å². The van der Waals surface area contributed by atoms with E-state index in [0.29, 0.717) is 23.0 Å². The van der Waals surface area contributed by atoms with Gasteiger partial charge in [-0.3, -0.25) is 14.5 Å². The predicted octanol–water partition coefficient (Wildman–Crippen LogP) is 3.94. The SMILES string of the molecule is CCC(=O)Nc1ccc(N2C(=S)N[C@@H](c3ccccn3)[C@H]2c2cc(C)n(-n3cnnc3)c2C)cc1OC. The van der Waals surface area contributed by atoms with Gasteiger partial charge in [-0.05, 0) is 56.4 Å². The van der Waals surface area contributed by atoms with Crippen molar-refractivity contribution in [1.29, 1.82) is 0 Å². The molecular weight excluding hydrogens is 488 g/mol. The standard InChI is InChI=1S/C26H28N8O2S/c1-5-23(35)30-20-10-9-18(13-22(20)36-4)33-25(24(31-26(33)37)21-8-6-7-11-27-21)19-12-16(2)34(17(19)3)32-14-28-29-15-32/h6-15,24-25H,5H2,1-4H3,(H,30,35)(H,31,37)/t24-,25+/m0/s1. The van der Waals surface area contributed by atoms with Crippen LogP contribution in [-0.4, -0.2) is 42.7 Å². The fourth-order valence-electron chi connectivity index (χ4n) is 4.85. The molecule has 0 saturated carbocycles. The lowest BCUT2D eigenvalue weighted by Gasteiger charge is -2.28. The number of methoxy groups -OCH3 is 1. The molecule has 1 aliphatic heterocycles. The van der Waals surface area contributed by atoms with E-state index in [1.165, 1.54) is 0 Å². The number of aryl methyl sites for hydroxylation is 1. The number of carbonyl (C=O) groups excluding carboxylic acids is 1. The molecule has 0 spiro atoms. The third-order valence-electron chi connectivity index (χ3n) is 6.55. The van der Waals surface area contributed by atoms with E-state index in [1.807, 2.05) is 54.9 Å². The molecule has 1 amide bonds. The van der Waals surface area contributed by atoms with Crippen LogP contribution in [0.15, 0.2) is 61.3 Å². The minimum atomic E-state index is -0.209. The molecule has 2 N–H and O–H groups in total. The fourth-order valence-corrected chi connectivity index (χ4v) is 5.20. The lowest BCUT2D eigenvalue weighted by molar-refractivity contribution is -0.115. The Bertz CT molecular complexity index is 1430. The second kappa shape index (κ2) is 10.0. The Hall–Kier alpha value is -4.25. The smallest absolute Gasteiger partial charge is 0.224 e. The molecule has 0 aliphatic carbocycles. The van der Waals surface area contributed by atoms with E-state index in [1.54, 1.807) is 26.0 Å². The Labute approximate surface area is 220 Å². The normalized spacial score (nSPS) is 17.1. The molecule has 1 aliphatic rings. The maximum atomic E-state index is 12.0. The van der Waals surface area contributed by atoms with Crippen LogP contribution >= 0.6 is 12.2 Å². The summed E-state index contributed by atoms with van der Waals surface area (Å²) in [5, 5.41) is 14.9. The van der Waals surface area contributed by atoms with Crippen molar-refractivity contribution in [2.45, 2.75) is 39.3 Å². The number of carbonyl (C=O) groups is 1. The topological polar surface area (TPSA) is 102 Å². The van der Waals surface area contributed by atoms with Crippen molar-refractivity contribution >= 4 is 34.6 Å². The number of benzene rings is 1. The van der Waals surface area contributed by atoms with Gasteiger partial charge in [0.05, 0.1) is 30.6 Å². The van der Waals surface area contributed by atoms with Crippen LogP contribution in [0.1, 0.15) is 48.1 Å². The number of hydrogen-bond acceptors (Lipinski definition) is 6. The van der Waals surface area contributed by atoms with E-state index < -0.39 is 0 Å². The summed E-state index contributed by atoms with van der Waals surface area (Å²) in [5.41, 5.74) is 5.46. The molecule has 1 saturated heterocycles. The average Bonchev–Trinajstić information content (AvgIpc) is 3.62. The van der Waals surface area contributed by atoms with Crippen molar-refractivity contribution in [3.05, 3.63) is 84.0 Å². The predicted molar refractivity (Wildman–Crippen MR) is 145 cm³/mol. The Morgan fingerprint density at radius 1 is 1.16 bits per heavy atom. The van der Waals surface area contributed by atoms with Gasteiger partial charge in [0.25, 0.3) is 0 Å². The molecule has 1 fully saturated rings. The van der Waals surface area contributed by atoms with Gasteiger partial charge in [-0.2, -0.15) is 0 Å². The summed E-state index contributed by atoms with van der Waals surface area (Å²) in [5.74, 6) is 0.469. The highest BCUT2D eigenvalue weighted by atomic mass is 32.1. The first kappa shape index (κ1) is 24.4. The molecule has 0 radical (unpaired) electrons. The first-order chi connectivity index (χ1) is 17.9. The van der Waals surface area contributed by atoms with Crippen molar-refractivity contribution in [3.63, 3.8) is 0 Å². The lowest BCUT2D eigenvalue weighted by atomic mass is 9.96. The van der Waals surface area contributed by atoms with Gasteiger partial charge in [0, 0.05) is 41.3 Å². The zero-order chi connectivity index (χ0) is 26.1. The molecule has 2 atom stereocenters. The number of ether oxygens (including phenoxy) is 1. The zero-order valence-electron chi connectivity index (χ0n) is 21.0. The number of anilines is 2. The molecule has 11 heteroatoms. The van der Waals surface area contributed by atoms with E-state index in [2.05, 4.69) is 48.4 Å². The van der Waals surface area contributed by atoms with Crippen LogP contribution in [0.4, 0.5) is 11.4 Å². The summed E-state index contributed by atoms with van der Waals surface area (Å²) in [6.45, 7) is 5.93. The maximum absolute atomic E-state index is 12.0. The summed E-state index contributed by atoms with van der Waals surface area (Å²) in [6, 6.07) is 13.3. The number of nitrogens with zero attached hydrogens (tertiary/aromatic N) is 6. The van der Waals surface area contributed by atoms with E-state index in [-0.39, 0.29) is 18.0 Å². The van der Waals surface area contributed by atoms with Crippen molar-refractivity contribution in [3.8, 4) is 5.75 Å². The summed E-state index contributed by atoms with van der Waals surface area (Å²) in [7, 11) is 1.59. The molecule has 4 heterocycles. The van der Waals surface area contributed by atoms with Gasteiger partial charge >= 0.3 is 0 Å². The van der Waals surface area contributed by atoms with Crippen LogP contribution in [0.5, 0.6) is 5.75 Å². The van der Waals surface area contributed by atoms with Gasteiger partial charge in [-0.25, -0.2) is 4.68 Å². The molecule has 0 bridgehead atoms. The highest BCUT2D eigenvalue weighted by Crippen LogP contribution is 2.44. The maximum Gasteiger partial charge on any atom is 0.224 e. The fraction of sp³-hybridized carbons (Fsp3) is 0.269. The third-order valence-corrected chi connectivity index (χ3v) is 6.86. The van der Waals surface area contributed by atoms with E-state index >= 15 is 0 Å². The van der Waals surface area contributed by atoms with Crippen LogP contribution in [0.3, 0.4) is 0 Å². The Morgan fingerprint density at radius 3 is 2.62 bits per heavy atom. The monoisotopic (exact) mass is 516 g/mol. The van der Waals surface area contributed by atoms with Gasteiger partial charge in [0.2, 0.25) is 5.91 Å². The molecule has 5 rings (SSSR count). The molecule has 190 valence electrons. The minimum Gasteiger partial charge on any atom is -0.494 e. The summed E-state index contributed by atoms with van der Waals surface area (Å²) in [4.78, 5) is 18.7. The van der Waals surface area contributed by atoms with Crippen molar-refractivity contribution in [2.75, 3.05) is 17.3 Å². The van der Waals surface area contributed by atoms with Gasteiger partial charge in [0.15, 0.2) is 5.11 Å². The lowest BCUT2D eigenvalue weighted by Crippen LogP contribution is -2.29. The number of thiocarbonyl (C=S) groups is 1. The number of rotatable bonds is 7. The van der Waals surface area contributed by atoms with Crippen molar-refractivity contribution in [2.24, 2.45) is 0 Å². The highest BCUT2D eigenvalue weighted by molar-refractivity contribution is 7.80. The highest BCUT2D eigenvalue weighted by Gasteiger charge is 2.42. The van der Waals surface area contributed by atoms with Gasteiger partial charge in [0.1, 0.15) is 18.4 Å². The quantitative estimate of drug-likeness (QED) is 0.356. The minimum absolute atomic E-state index is 0.0843. The summed E-state index contributed by atoms with van der Waals surface area (Å²) >= 11 is 5.88. The molecule has 10 nitrogen and oxygen atoms in total. The molecule has 37 heavy (non-hydrogen) atoms. The van der Waals surface area contributed by atoms with Gasteiger partial charge in [-0.15, -0.1) is 10.2 Å². The zero-order valence-corrected chi connectivity index (χ0v) is 21.9. The number of amides is 1. The van der Waals surface area contributed by atoms with Crippen LogP contribution in [0, 0.1) is 13.8 Å². The van der Waals surface area contributed by atoms with Gasteiger partial charge in [-0.1, -0.05) is 13.0 Å². The largest absolute Gasteiger partial charge is 0.494 e.